The highest BCUT2D eigenvalue weighted by atomic mass is 31.2. The van der Waals surface area contributed by atoms with Crippen molar-refractivity contribution >= 4 is 7.82 Å². The quantitative estimate of drug-likeness (QED) is 0.122. The second-order valence-electron chi connectivity index (χ2n) is 7.83. The highest BCUT2D eigenvalue weighted by Crippen LogP contribution is 2.49. The topological polar surface area (TPSA) is 44.8 Å². The summed E-state index contributed by atoms with van der Waals surface area (Å²) in [5.41, 5.74) is 0. The van der Waals surface area contributed by atoms with Gasteiger partial charge in [-0.25, -0.2) is 4.57 Å². The van der Waals surface area contributed by atoms with E-state index in [9.17, 15) is 4.57 Å². The van der Waals surface area contributed by atoms with Crippen LogP contribution in [-0.2, 0) is 18.1 Å². The summed E-state index contributed by atoms with van der Waals surface area (Å²) in [4.78, 5) is 0. The lowest BCUT2D eigenvalue weighted by Crippen LogP contribution is -2.03. The molecule has 0 saturated carbocycles. The molecule has 28 heavy (non-hydrogen) atoms. The van der Waals surface area contributed by atoms with Crippen LogP contribution in [0.4, 0.5) is 0 Å². The Hall–Kier alpha value is 0.110. The lowest BCUT2D eigenvalue weighted by atomic mass is 10.1. The summed E-state index contributed by atoms with van der Waals surface area (Å²) in [5.74, 6) is 0. The molecular formula is C23H49O4P. The molecule has 0 aliphatic carbocycles. The molecule has 0 spiro atoms. The van der Waals surface area contributed by atoms with Crippen molar-refractivity contribution in [3.8, 4) is 0 Å². The van der Waals surface area contributed by atoms with Gasteiger partial charge in [0.2, 0.25) is 0 Å². The van der Waals surface area contributed by atoms with E-state index < -0.39 is 7.82 Å². The van der Waals surface area contributed by atoms with Crippen LogP contribution >= 0.6 is 7.82 Å². The third-order valence-corrected chi connectivity index (χ3v) is 6.60. The first-order chi connectivity index (χ1) is 13.7. The monoisotopic (exact) mass is 420 g/mol. The van der Waals surface area contributed by atoms with E-state index >= 15 is 0 Å². The predicted octanol–water partition coefficient (Wildman–Crippen LogP) is 8.84. The molecule has 4 nitrogen and oxygen atoms in total. The number of rotatable bonds is 23. The number of unbranched alkanes of at least 4 members (excludes halogenated alkanes) is 15. The second kappa shape index (κ2) is 21.8. The molecule has 0 amide bonds. The van der Waals surface area contributed by atoms with E-state index in [-0.39, 0.29) is 0 Å². The maximum atomic E-state index is 12.6. The SMILES string of the molecule is CCCCCCCCCCCCOP(=O)(OCC)OCCCCCCCCC. The van der Waals surface area contributed by atoms with Crippen LogP contribution in [0.1, 0.15) is 130 Å². The first-order valence-corrected chi connectivity index (χ1v) is 13.7. The van der Waals surface area contributed by atoms with Crippen molar-refractivity contribution < 1.29 is 18.1 Å². The predicted molar refractivity (Wildman–Crippen MR) is 121 cm³/mol. The van der Waals surface area contributed by atoms with E-state index in [1.165, 1.54) is 83.5 Å². The largest absolute Gasteiger partial charge is 0.474 e. The fourth-order valence-electron chi connectivity index (χ4n) is 3.27. The van der Waals surface area contributed by atoms with Crippen molar-refractivity contribution in [2.24, 2.45) is 0 Å². The minimum absolute atomic E-state index is 0.353. The lowest BCUT2D eigenvalue weighted by Gasteiger charge is -2.17. The summed E-state index contributed by atoms with van der Waals surface area (Å²) in [6.07, 6.45) is 21.2. The van der Waals surface area contributed by atoms with Gasteiger partial charge in [0.25, 0.3) is 0 Å². The molecule has 0 aliphatic rings. The summed E-state index contributed by atoms with van der Waals surface area (Å²) in [5, 5.41) is 0. The molecule has 0 saturated heterocycles. The molecule has 0 aromatic heterocycles. The van der Waals surface area contributed by atoms with Crippen LogP contribution in [0.25, 0.3) is 0 Å². The molecule has 1 unspecified atom stereocenters. The molecule has 5 heteroatoms. The number of hydrogen-bond donors (Lipinski definition) is 0. The Morgan fingerprint density at radius 3 is 1.11 bits per heavy atom. The lowest BCUT2D eigenvalue weighted by molar-refractivity contribution is 0.114. The van der Waals surface area contributed by atoms with Gasteiger partial charge in [-0.05, 0) is 19.8 Å². The van der Waals surface area contributed by atoms with Crippen LogP contribution < -0.4 is 0 Å². The summed E-state index contributed by atoms with van der Waals surface area (Å²) < 4.78 is 28.9. The third-order valence-electron chi connectivity index (χ3n) is 5.03. The van der Waals surface area contributed by atoms with Crippen molar-refractivity contribution in [3.05, 3.63) is 0 Å². The Bertz CT molecular complexity index is 349. The fourth-order valence-corrected chi connectivity index (χ4v) is 4.52. The van der Waals surface area contributed by atoms with Gasteiger partial charge in [0.05, 0.1) is 19.8 Å². The number of phosphoric acid groups is 1. The molecule has 0 rings (SSSR count). The van der Waals surface area contributed by atoms with Crippen LogP contribution in [0.2, 0.25) is 0 Å². The van der Waals surface area contributed by atoms with Gasteiger partial charge in [-0.3, -0.25) is 13.6 Å². The zero-order chi connectivity index (χ0) is 20.8. The molecule has 0 aromatic carbocycles. The van der Waals surface area contributed by atoms with Gasteiger partial charge in [0, 0.05) is 0 Å². The minimum atomic E-state index is -3.36. The molecular weight excluding hydrogens is 371 g/mol. The molecule has 0 heterocycles. The zero-order valence-electron chi connectivity index (χ0n) is 19.2. The van der Waals surface area contributed by atoms with E-state index in [1.807, 2.05) is 6.92 Å². The Labute approximate surface area is 176 Å². The molecule has 0 fully saturated rings. The van der Waals surface area contributed by atoms with Gasteiger partial charge in [0.15, 0.2) is 0 Å². The summed E-state index contributed by atoms with van der Waals surface area (Å²) in [6, 6.07) is 0. The maximum Gasteiger partial charge on any atom is 0.474 e. The van der Waals surface area contributed by atoms with Crippen LogP contribution in [0.5, 0.6) is 0 Å². The van der Waals surface area contributed by atoms with Gasteiger partial charge < -0.3 is 0 Å². The number of phosphoric ester groups is 1. The van der Waals surface area contributed by atoms with Crippen molar-refractivity contribution in [2.45, 2.75) is 130 Å². The van der Waals surface area contributed by atoms with Gasteiger partial charge in [-0.2, -0.15) is 0 Å². The molecule has 170 valence electrons. The van der Waals surface area contributed by atoms with Crippen molar-refractivity contribution in [1.29, 1.82) is 0 Å². The normalized spacial score (nSPS) is 13.7. The van der Waals surface area contributed by atoms with Gasteiger partial charge in [-0.15, -0.1) is 0 Å². The standard InChI is InChI=1S/C23H49O4P/c1-4-7-9-11-13-14-15-17-19-21-23-27-28(24,25-6-3)26-22-20-18-16-12-10-8-5-2/h4-23H2,1-3H3. The van der Waals surface area contributed by atoms with Crippen LogP contribution in [0.3, 0.4) is 0 Å². The van der Waals surface area contributed by atoms with Crippen LogP contribution in [-0.4, -0.2) is 19.8 Å². The van der Waals surface area contributed by atoms with Crippen molar-refractivity contribution in [3.63, 3.8) is 0 Å². The number of hydrogen-bond acceptors (Lipinski definition) is 4. The Balaban J connectivity index is 3.62. The molecule has 0 radical (unpaired) electrons. The second-order valence-corrected chi connectivity index (χ2v) is 9.50. The van der Waals surface area contributed by atoms with Gasteiger partial charge in [0.1, 0.15) is 0 Å². The maximum absolute atomic E-state index is 12.6. The molecule has 1 atom stereocenters. The van der Waals surface area contributed by atoms with Crippen molar-refractivity contribution in [1.82, 2.24) is 0 Å². The first kappa shape index (κ1) is 28.1. The van der Waals surface area contributed by atoms with Crippen LogP contribution in [0, 0.1) is 0 Å². The Morgan fingerprint density at radius 1 is 0.464 bits per heavy atom. The fraction of sp³-hybridized carbons (Fsp3) is 1.00. The summed E-state index contributed by atoms with van der Waals surface area (Å²) in [7, 11) is -3.36. The average Bonchev–Trinajstić information content (AvgIpc) is 2.68. The molecule has 0 N–H and O–H groups in total. The summed E-state index contributed by atoms with van der Waals surface area (Å²) >= 11 is 0. The molecule has 0 bridgehead atoms. The highest BCUT2D eigenvalue weighted by molar-refractivity contribution is 7.48. The smallest absolute Gasteiger partial charge is 0.287 e. The van der Waals surface area contributed by atoms with Crippen LogP contribution in [0.15, 0.2) is 0 Å². The van der Waals surface area contributed by atoms with E-state index in [0.29, 0.717) is 19.8 Å². The van der Waals surface area contributed by atoms with E-state index in [4.69, 9.17) is 13.6 Å². The van der Waals surface area contributed by atoms with Gasteiger partial charge >= 0.3 is 7.82 Å². The van der Waals surface area contributed by atoms with E-state index in [0.717, 1.165) is 25.7 Å². The molecule has 0 aliphatic heterocycles. The third kappa shape index (κ3) is 19.4. The Kier molecular flexibility index (Phi) is 21.9. The van der Waals surface area contributed by atoms with Crippen molar-refractivity contribution in [2.75, 3.05) is 19.8 Å². The van der Waals surface area contributed by atoms with E-state index in [1.54, 1.807) is 0 Å². The summed E-state index contributed by atoms with van der Waals surface area (Å²) in [6.45, 7) is 7.59. The molecule has 0 aromatic rings. The first-order valence-electron chi connectivity index (χ1n) is 12.2. The van der Waals surface area contributed by atoms with Gasteiger partial charge in [-0.1, -0.05) is 110 Å². The Morgan fingerprint density at radius 2 is 0.786 bits per heavy atom. The average molecular weight is 421 g/mol. The van der Waals surface area contributed by atoms with E-state index in [2.05, 4.69) is 13.8 Å². The zero-order valence-corrected chi connectivity index (χ0v) is 20.1. The minimum Gasteiger partial charge on any atom is -0.287 e. The highest BCUT2D eigenvalue weighted by Gasteiger charge is 2.25.